The van der Waals surface area contributed by atoms with E-state index >= 15 is 0 Å². The highest BCUT2D eigenvalue weighted by molar-refractivity contribution is 5.91. The predicted molar refractivity (Wildman–Crippen MR) is 110 cm³/mol. The van der Waals surface area contributed by atoms with E-state index in [1.165, 1.54) is 5.56 Å². The van der Waals surface area contributed by atoms with Crippen molar-refractivity contribution in [2.45, 2.75) is 19.4 Å². The maximum Gasteiger partial charge on any atom is 0.224 e. The summed E-state index contributed by atoms with van der Waals surface area (Å²) < 4.78 is 0. The second kappa shape index (κ2) is 8.90. The third-order valence-electron chi connectivity index (χ3n) is 4.47. The molecule has 3 aromatic carbocycles. The molecule has 4 nitrogen and oxygen atoms in total. The van der Waals surface area contributed by atoms with Gasteiger partial charge in [-0.15, -0.1) is 0 Å². The zero-order chi connectivity index (χ0) is 19.1. The Bertz CT molecular complexity index is 876. The van der Waals surface area contributed by atoms with Crippen molar-refractivity contribution in [3.05, 3.63) is 90.0 Å². The molecular formula is C23H24N2O2. The Hall–Kier alpha value is -3.27. The fraction of sp³-hybridized carbons (Fsp3) is 0.174. The van der Waals surface area contributed by atoms with Crippen LogP contribution in [0.15, 0.2) is 78.9 Å². The molecule has 0 saturated heterocycles. The summed E-state index contributed by atoms with van der Waals surface area (Å²) >= 11 is 0. The van der Waals surface area contributed by atoms with Crippen LogP contribution in [0.3, 0.4) is 0 Å². The predicted octanol–water partition coefficient (Wildman–Crippen LogP) is 4.60. The first-order chi connectivity index (χ1) is 13.1. The second-order valence-electron chi connectivity index (χ2n) is 6.57. The van der Waals surface area contributed by atoms with Crippen LogP contribution in [0, 0.1) is 0 Å². The monoisotopic (exact) mass is 360 g/mol. The van der Waals surface area contributed by atoms with E-state index in [-0.39, 0.29) is 11.7 Å². The number of carbonyl (C=O) groups excluding carboxylic acids is 1. The molecule has 27 heavy (non-hydrogen) atoms. The number of nitrogens with zero attached hydrogens (tertiary/aromatic N) is 1. The quantitative estimate of drug-likeness (QED) is 0.647. The zero-order valence-corrected chi connectivity index (χ0v) is 15.4. The van der Waals surface area contributed by atoms with Gasteiger partial charge in [-0.1, -0.05) is 48.5 Å². The zero-order valence-electron chi connectivity index (χ0n) is 15.4. The van der Waals surface area contributed by atoms with E-state index in [9.17, 15) is 9.90 Å². The van der Waals surface area contributed by atoms with Crippen molar-refractivity contribution >= 4 is 17.3 Å². The van der Waals surface area contributed by atoms with Gasteiger partial charge in [-0.2, -0.15) is 0 Å². The molecule has 0 atom stereocenters. The number of carbonyl (C=O) groups is 1. The summed E-state index contributed by atoms with van der Waals surface area (Å²) in [5.74, 6) is 0.166. The number of para-hydroxylation sites is 1. The Kier molecular flexibility index (Phi) is 6.10. The molecule has 0 spiro atoms. The Balaban J connectivity index is 1.52. The van der Waals surface area contributed by atoms with E-state index in [0.29, 0.717) is 12.8 Å². The maximum atomic E-state index is 12.2. The van der Waals surface area contributed by atoms with Crippen LogP contribution in [-0.2, 0) is 17.8 Å². The summed E-state index contributed by atoms with van der Waals surface area (Å²) in [6.07, 6.45) is 0.837. The average molecular weight is 360 g/mol. The van der Waals surface area contributed by atoms with E-state index in [2.05, 4.69) is 22.3 Å². The van der Waals surface area contributed by atoms with Gasteiger partial charge in [0.15, 0.2) is 0 Å². The number of hydrogen-bond donors (Lipinski definition) is 2. The van der Waals surface area contributed by atoms with Crippen molar-refractivity contribution in [3.63, 3.8) is 0 Å². The Morgan fingerprint density at radius 2 is 1.59 bits per heavy atom. The Morgan fingerprint density at radius 1 is 0.926 bits per heavy atom. The molecule has 0 heterocycles. The van der Waals surface area contributed by atoms with Gasteiger partial charge in [-0.3, -0.25) is 4.79 Å². The molecule has 3 aromatic rings. The molecule has 1 amide bonds. The largest absolute Gasteiger partial charge is 0.508 e. The Morgan fingerprint density at radius 3 is 2.30 bits per heavy atom. The van der Waals surface area contributed by atoms with Crippen LogP contribution in [0.2, 0.25) is 0 Å². The van der Waals surface area contributed by atoms with Gasteiger partial charge in [-0.25, -0.2) is 0 Å². The van der Waals surface area contributed by atoms with Crippen molar-refractivity contribution in [3.8, 4) is 5.75 Å². The standard InChI is InChI=1S/C23H24N2O2/c1-25(17-18-7-3-2-4-8-18)21-14-12-20(13-15-21)24-23(27)16-11-19-9-5-6-10-22(19)26/h2-10,12-15,26H,11,16-17H2,1H3,(H,24,27). The number of anilines is 2. The van der Waals surface area contributed by atoms with Crippen LogP contribution >= 0.6 is 0 Å². The van der Waals surface area contributed by atoms with Gasteiger partial charge in [0.25, 0.3) is 0 Å². The van der Waals surface area contributed by atoms with Crippen LogP contribution < -0.4 is 10.2 Å². The smallest absolute Gasteiger partial charge is 0.224 e. The molecule has 0 aliphatic carbocycles. The molecule has 0 saturated carbocycles. The van der Waals surface area contributed by atoms with E-state index in [0.717, 1.165) is 23.5 Å². The van der Waals surface area contributed by atoms with Crippen LogP contribution in [0.4, 0.5) is 11.4 Å². The lowest BCUT2D eigenvalue weighted by atomic mass is 10.1. The summed E-state index contributed by atoms with van der Waals surface area (Å²) in [4.78, 5) is 14.3. The first-order valence-electron chi connectivity index (χ1n) is 9.03. The molecule has 0 aromatic heterocycles. The topological polar surface area (TPSA) is 52.6 Å². The van der Waals surface area contributed by atoms with Crippen LogP contribution in [0.5, 0.6) is 5.75 Å². The summed E-state index contributed by atoms with van der Waals surface area (Å²) in [5.41, 5.74) is 3.90. The molecule has 2 N–H and O–H groups in total. The highest BCUT2D eigenvalue weighted by Gasteiger charge is 2.07. The number of aromatic hydroxyl groups is 1. The van der Waals surface area contributed by atoms with Gasteiger partial charge >= 0.3 is 0 Å². The fourth-order valence-electron chi connectivity index (χ4n) is 2.94. The minimum absolute atomic E-state index is 0.0661. The van der Waals surface area contributed by atoms with Gasteiger partial charge in [0, 0.05) is 31.4 Å². The van der Waals surface area contributed by atoms with Crippen LogP contribution in [-0.4, -0.2) is 18.1 Å². The molecular weight excluding hydrogens is 336 g/mol. The number of hydrogen-bond acceptors (Lipinski definition) is 3. The molecule has 0 radical (unpaired) electrons. The van der Waals surface area contributed by atoms with Crippen LogP contribution in [0.1, 0.15) is 17.5 Å². The highest BCUT2D eigenvalue weighted by Crippen LogP contribution is 2.20. The lowest BCUT2D eigenvalue weighted by Gasteiger charge is -2.19. The lowest BCUT2D eigenvalue weighted by molar-refractivity contribution is -0.116. The van der Waals surface area contributed by atoms with Gasteiger partial charge in [0.1, 0.15) is 5.75 Å². The van der Waals surface area contributed by atoms with E-state index < -0.39 is 0 Å². The number of phenolic OH excluding ortho intramolecular Hbond substituents is 1. The van der Waals surface area contributed by atoms with E-state index in [4.69, 9.17) is 0 Å². The summed E-state index contributed by atoms with van der Waals surface area (Å²) in [6, 6.07) is 25.2. The summed E-state index contributed by atoms with van der Waals surface area (Å²) in [7, 11) is 2.05. The summed E-state index contributed by atoms with van der Waals surface area (Å²) in [6.45, 7) is 0.827. The molecule has 4 heteroatoms. The van der Waals surface area contributed by atoms with Crippen molar-refractivity contribution in [2.24, 2.45) is 0 Å². The van der Waals surface area contributed by atoms with Crippen molar-refractivity contribution < 1.29 is 9.90 Å². The summed E-state index contributed by atoms with van der Waals surface area (Å²) in [5, 5.41) is 12.7. The van der Waals surface area contributed by atoms with Crippen LogP contribution in [0.25, 0.3) is 0 Å². The highest BCUT2D eigenvalue weighted by atomic mass is 16.3. The third-order valence-corrected chi connectivity index (χ3v) is 4.47. The van der Waals surface area contributed by atoms with Gasteiger partial charge in [-0.05, 0) is 47.9 Å². The minimum atomic E-state index is -0.0661. The van der Waals surface area contributed by atoms with Gasteiger partial charge in [0.2, 0.25) is 5.91 Å². The third kappa shape index (κ3) is 5.35. The molecule has 0 bridgehead atoms. The number of phenols is 1. The number of nitrogens with one attached hydrogen (secondary N) is 1. The number of aryl methyl sites for hydroxylation is 1. The first kappa shape index (κ1) is 18.5. The second-order valence-corrected chi connectivity index (χ2v) is 6.57. The van der Waals surface area contributed by atoms with E-state index in [1.807, 2.05) is 61.6 Å². The van der Waals surface area contributed by atoms with Crippen molar-refractivity contribution in [1.82, 2.24) is 0 Å². The molecule has 0 fully saturated rings. The normalized spacial score (nSPS) is 10.4. The number of benzene rings is 3. The Labute approximate surface area is 160 Å². The lowest BCUT2D eigenvalue weighted by Crippen LogP contribution is -2.16. The van der Waals surface area contributed by atoms with Crippen molar-refractivity contribution in [1.29, 1.82) is 0 Å². The SMILES string of the molecule is CN(Cc1ccccc1)c1ccc(NC(=O)CCc2ccccc2O)cc1. The molecule has 0 aliphatic rings. The molecule has 0 unspecified atom stereocenters. The maximum absolute atomic E-state index is 12.2. The van der Waals surface area contributed by atoms with E-state index in [1.54, 1.807) is 12.1 Å². The number of amides is 1. The van der Waals surface area contributed by atoms with Gasteiger partial charge in [0.05, 0.1) is 0 Å². The molecule has 0 aliphatic heterocycles. The molecule has 138 valence electrons. The number of rotatable bonds is 7. The average Bonchev–Trinajstić information content (AvgIpc) is 2.69. The fourth-order valence-corrected chi connectivity index (χ4v) is 2.94. The first-order valence-corrected chi connectivity index (χ1v) is 9.03. The van der Waals surface area contributed by atoms with Crippen molar-refractivity contribution in [2.75, 3.05) is 17.3 Å². The minimum Gasteiger partial charge on any atom is -0.508 e. The molecule has 3 rings (SSSR count). The van der Waals surface area contributed by atoms with Gasteiger partial charge < -0.3 is 15.3 Å².